The average molecular weight is 198 g/mol. The number of carboxylic acids is 1. The molecular weight excluding hydrogens is 191 g/mol. The highest BCUT2D eigenvalue weighted by atomic mass is 19.1. The van der Waals surface area contributed by atoms with Crippen molar-refractivity contribution in [3.63, 3.8) is 0 Å². The van der Waals surface area contributed by atoms with Crippen LogP contribution in [0.15, 0.2) is 30.3 Å². The lowest BCUT2D eigenvalue weighted by atomic mass is 10.2. The molecule has 0 radical (unpaired) electrons. The number of hydrogen-bond donors (Lipinski definition) is 1. The molecule has 0 amide bonds. The quantitative estimate of drug-likeness (QED) is 0.741. The number of aliphatic carboxylic acids is 1. The van der Waals surface area contributed by atoms with Gasteiger partial charge in [0.05, 0.1) is 5.56 Å². The smallest absolute Gasteiger partial charge is 0.378 e. The Kier molecular flexibility index (Phi) is 3.17. The van der Waals surface area contributed by atoms with Crippen LogP contribution < -0.4 is 0 Å². The predicted molar refractivity (Wildman–Crippen MR) is 44.4 cm³/mol. The molecule has 1 atom stereocenters. The zero-order chi connectivity index (χ0) is 10.6. The van der Waals surface area contributed by atoms with Gasteiger partial charge in [-0.3, -0.25) is 0 Å². The van der Waals surface area contributed by atoms with E-state index in [1.54, 1.807) is 18.2 Å². The Hall–Kier alpha value is -1.91. The van der Waals surface area contributed by atoms with Crippen molar-refractivity contribution in [2.24, 2.45) is 0 Å². The predicted octanol–water partition coefficient (Wildman–Crippen LogP) is 1.22. The minimum absolute atomic E-state index is 0.108. The van der Waals surface area contributed by atoms with Gasteiger partial charge in [-0.15, -0.1) is 0 Å². The van der Waals surface area contributed by atoms with Gasteiger partial charge < -0.3 is 9.84 Å². The molecule has 0 aromatic heterocycles. The van der Waals surface area contributed by atoms with Gasteiger partial charge in [-0.2, -0.15) is 4.39 Å². The summed E-state index contributed by atoms with van der Waals surface area (Å²) in [7, 11) is 0. The van der Waals surface area contributed by atoms with E-state index in [-0.39, 0.29) is 5.56 Å². The van der Waals surface area contributed by atoms with E-state index < -0.39 is 18.3 Å². The summed E-state index contributed by atoms with van der Waals surface area (Å²) in [4.78, 5) is 21.0. The minimum atomic E-state index is -2.62. The summed E-state index contributed by atoms with van der Waals surface area (Å²) in [5.74, 6) is -2.82. The third kappa shape index (κ3) is 2.55. The van der Waals surface area contributed by atoms with Gasteiger partial charge in [0.2, 0.25) is 0 Å². The van der Waals surface area contributed by atoms with Crippen LogP contribution in [0.1, 0.15) is 10.4 Å². The highest BCUT2D eigenvalue weighted by Crippen LogP contribution is 2.04. The van der Waals surface area contributed by atoms with Gasteiger partial charge in [-0.05, 0) is 12.1 Å². The summed E-state index contributed by atoms with van der Waals surface area (Å²) in [5, 5.41) is 8.13. The lowest BCUT2D eigenvalue weighted by Gasteiger charge is -2.04. The van der Waals surface area contributed by atoms with Crippen LogP contribution in [0, 0.1) is 0 Å². The summed E-state index contributed by atoms with van der Waals surface area (Å²) < 4.78 is 16.4. The summed E-state index contributed by atoms with van der Waals surface area (Å²) in [6.45, 7) is 0. The Labute approximate surface area is 78.9 Å². The maximum atomic E-state index is 12.4. The number of carbonyl (C=O) groups is 2. The molecule has 74 valence electrons. The van der Waals surface area contributed by atoms with E-state index in [1.807, 2.05) is 0 Å². The molecule has 0 aliphatic rings. The zero-order valence-electron chi connectivity index (χ0n) is 7.01. The first kappa shape index (κ1) is 10.2. The number of carboxylic acid groups (broad SMARTS) is 1. The third-order valence-corrected chi connectivity index (χ3v) is 1.41. The van der Waals surface area contributed by atoms with E-state index in [2.05, 4.69) is 4.74 Å². The first-order valence-electron chi connectivity index (χ1n) is 3.74. The topological polar surface area (TPSA) is 63.6 Å². The number of hydrogen-bond acceptors (Lipinski definition) is 3. The van der Waals surface area contributed by atoms with E-state index in [0.717, 1.165) is 0 Å². The third-order valence-electron chi connectivity index (χ3n) is 1.41. The molecule has 4 nitrogen and oxygen atoms in total. The van der Waals surface area contributed by atoms with Crippen molar-refractivity contribution in [2.45, 2.75) is 6.36 Å². The van der Waals surface area contributed by atoms with E-state index in [4.69, 9.17) is 5.11 Å². The second-order valence-corrected chi connectivity index (χ2v) is 2.43. The fourth-order valence-corrected chi connectivity index (χ4v) is 0.787. The number of alkyl halides is 1. The molecule has 0 spiro atoms. The van der Waals surface area contributed by atoms with Crippen molar-refractivity contribution in [3.05, 3.63) is 35.9 Å². The molecule has 0 aliphatic carbocycles. The van der Waals surface area contributed by atoms with Crippen LogP contribution >= 0.6 is 0 Å². The molecule has 1 aromatic carbocycles. The molecule has 1 aromatic rings. The van der Waals surface area contributed by atoms with Crippen molar-refractivity contribution in [1.29, 1.82) is 0 Å². The first-order chi connectivity index (χ1) is 6.61. The number of benzene rings is 1. The molecule has 14 heavy (non-hydrogen) atoms. The number of carbonyl (C=O) groups excluding carboxylic acids is 1. The molecule has 0 saturated heterocycles. The van der Waals surface area contributed by atoms with Gasteiger partial charge in [0.1, 0.15) is 0 Å². The van der Waals surface area contributed by atoms with Gasteiger partial charge >= 0.3 is 18.3 Å². The van der Waals surface area contributed by atoms with Crippen LogP contribution in [0.4, 0.5) is 4.39 Å². The van der Waals surface area contributed by atoms with E-state index >= 15 is 0 Å². The fraction of sp³-hybridized carbons (Fsp3) is 0.111. The fourth-order valence-electron chi connectivity index (χ4n) is 0.787. The molecule has 0 heterocycles. The summed E-state index contributed by atoms with van der Waals surface area (Å²) in [6.07, 6.45) is -2.62. The van der Waals surface area contributed by atoms with Crippen LogP contribution in [0.3, 0.4) is 0 Å². The number of halogens is 1. The van der Waals surface area contributed by atoms with E-state index in [1.165, 1.54) is 12.1 Å². The monoisotopic (exact) mass is 198 g/mol. The molecule has 0 fully saturated rings. The lowest BCUT2D eigenvalue weighted by molar-refractivity contribution is -0.156. The van der Waals surface area contributed by atoms with Crippen LogP contribution in [-0.2, 0) is 9.53 Å². The Morgan fingerprint density at radius 1 is 1.29 bits per heavy atom. The Morgan fingerprint density at radius 3 is 2.36 bits per heavy atom. The highest BCUT2D eigenvalue weighted by Gasteiger charge is 2.21. The zero-order valence-corrected chi connectivity index (χ0v) is 7.01. The minimum Gasteiger partial charge on any atom is -0.476 e. The summed E-state index contributed by atoms with van der Waals surface area (Å²) in [5.41, 5.74) is 0.108. The normalized spacial score (nSPS) is 11.8. The number of ether oxygens (including phenoxy) is 1. The Bertz CT molecular complexity index is 336. The van der Waals surface area contributed by atoms with Crippen molar-refractivity contribution in [1.82, 2.24) is 0 Å². The number of esters is 1. The maximum absolute atomic E-state index is 12.4. The Balaban J connectivity index is 2.64. The van der Waals surface area contributed by atoms with Gasteiger partial charge in [-0.25, -0.2) is 9.59 Å². The number of rotatable bonds is 3. The van der Waals surface area contributed by atoms with Crippen LogP contribution in [-0.4, -0.2) is 23.4 Å². The molecular formula is C9H7FO4. The molecule has 1 rings (SSSR count). The van der Waals surface area contributed by atoms with E-state index in [9.17, 15) is 14.0 Å². The van der Waals surface area contributed by atoms with Crippen molar-refractivity contribution in [2.75, 3.05) is 0 Å². The van der Waals surface area contributed by atoms with Crippen LogP contribution in [0.25, 0.3) is 0 Å². The van der Waals surface area contributed by atoms with Crippen molar-refractivity contribution >= 4 is 11.9 Å². The van der Waals surface area contributed by atoms with E-state index in [0.29, 0.717) is 0 Å². The second-order valence-electron chi connectivity index (χ2n) is 2.43. The summed E-state index contributed by atoms with van der Waals surface area (Å²) >= 11 is 0. The maximum Gasteiger partial charge on any atom is 0.378 e. The first-order valence-corrected chi connectivity index (χ1v) is 3.74. The lowest BCUT2D eigenvalue weighted by Crippen LogP contribution is -2.22. The standard InChI is InChI=1S/C9H7FO4/c10-7(8(11)12)14-9(13)6-4-2-1-3-5-6/h1-5,7H,(H,11,12). The van der Waals surface area contributed by atoms with Crippen LogP contribution in [0.2, 0.25) is 0 Å². The molecule has 0 saturated carbocycles. The molecule has 5 heteroatoms. The molecule has 1 N–H and O–H groups in total. The highest BCUT2D eigenvalue weighted by molar-refractivity contribution is 5.90. The molecule has 1 unspecified atom stereocenters. The van der Waals surface area contributed by atoms with Crippen LogP contribution in [0.5, 0.6) is 0 Å². The van der Waals surface area contributed by atoms with Gasteiger partial charge in [0.25, 0.3) is 0 Å². The largest absolute Gasteiger partial charge is 0.476 e. The second kappa shape index (κ2) is 4.36. The summed E-state index contributed by atoms with van der Waals surface area (Å²) in [6, 6.07) is 7.59. The van der Waals surface area contributed by atoms with Gasteiger partial charge in [0.15, 0.2) is 0 Å². The van der Waals surface area contributed by atoms with Crippen molar-refractivity contribution in [3.8, 4) is 0 Å². The van der Waals surface area contributed by atoms with Gasteiger partial charge in [-0.1, -0.05) is 18.2 Å². The van der Waals surface area contributed by atoms with Gasteiger partial charge in [0, 0.05) is 0 Å². The molecule has 0 bridgehead atoms. The molecule has 0 aliphatic heterocycles. The van der Waals surface area contributed by atoms with Crippen molar-refractivity contribution < 1.29 is 23.8 Å². The average Bonchev–Trinajstić information content (AvgIpc) is 2.19. The SMILES string of the molecule is O=C(OC(F)C(=O)O)c1ccccc1. The Morgan fingerprint density at radius 2 is 1.86 bits per heavy atom.